The lowest BCUT2D eigenvalue weighted by molar-refractivity contribution is -0.137. The molecule has 0 spiro atoms. The van der Waals surface area contributed by atoms with Crippen LogP contribution in [0, 0.1) is 0 Å². The second-order valence-corrected chi connectivity index (χ2v) is 5.81. The first-order valence-corrected chi connectivity index (χ1v) is 8.42. The molecule has 0 bridgehead atoms. The third kappa shape index (κ3) is 4.28. The van der Waals surface area contributed by atoms with E-state index < -0.39 is 17.6 Å². The second kappa shape index (κ2) is 7.79. The number of alkyl halides is 3. The van der Waals surface area contributed by atoms with E-state index >= 15 is 0 Å². The van der Waals surface area contributed by atoms with Gasteiger partial charge in [0.25, 0.3) is 5.91 Å². The van der Waals surface area contributed by atoms with Gasteiger partial charge in [-0.2, -0.15) is 18.3 Å². The summed E-state index contributed by atoms with van der Waals surface area (Å²) in [5, 5.41) is 6.92. The van der Waals surface area contributed by atoms with Crippen molar-refractivity contribution in [1.29, 1.82) is 0 Å². The van der Waals surface area contributed by atoms with E-state index in [9.17, 15) is 18.0 Å². The van der Waals surface area contributed by atoms with E-state index in [1.807, 2.05) is 6.92 Å². The molecule has 1 aromatic carbocycles. The van der Waals surface area contributed by atoms with E-state index in [4.69, 9.17) is 4.74 Å². The van der Waals surface area contributed by atoms with Crippen molar-refractivity contribution in [1.82, 2.24) is 14.9 Å². The summed E-state index contributed by atoms with van der Waals surface area (Å²) in [5.74, 6) is -0.418. The molecule has 0 saturated carbocycles. The van der Waals surface area contributed by atoms with E-state index in [-0.39, 0.29) is 5.69 Å². The summed E-state index contributed by atoms with van der Waals surface area (Å²) in [6.45, 7) is 3.08. The van der Waals surface area contributed by atoms with Crippen LogP contribution in [0.1, 0.15) is 23.0 Å². The van der Waals surface area contributed by atoms with Crippen LogP contribution in [0.5, 0.6) is 0 Å². The maximum Gasteiger partial charge on any atom is 0.416 e. The molecule has 8 heteroatoms. The minimum atomic E-state index is -4.44. The molecule has 2 aromatic heterocycles. The third-order valence-corrected chi connectivity index (χ3v) is 3.97. The van der Waals surface area contributed by atoms with Crippen LogP contribution in [-0.2, 0) is 10.9 Å². The largest absolute Gasteiger partial charge is 0.416 e. The van der Waals surface area contributed by atoms with Gasteiger partial charge in [0.2, 0.25) is 0 Å². The Bertz CT molecular complexity index is 951. The predicted molar refractivity (Wildman–Crippen MR) is 94.5 cm³/mol. The Morgan fingerprint density at radius 3 is 2.78 bits per heavy atom. The molecule has 0 atom stereocenters. The van der Waals surface area contributed by atoms with Gasteiger partial charge in [-0.05, 0) is 42.8 Å². The van der Waals surface area contributed by atoms with Gasteiger partial charge in [0.05, 0.1) is 17.7 Å². The number of nitrogens with zero attached hydrogens (tertiary/aromatic N) is 2. The van der Waals surface area contributed by atoms with Gasteiger partial charge >= 0.3 is 6.18 Å². The molecule has 142 valence electrons. The average Bonchev–Trinajstić information content (AvgIpc) is 3.12. The summed E-state index contributed by atoms with van der Waals surface area (Å²) in [6, 6.07) is 9.96. The standard InChI is InChI=1S/C19H18F3N3O2/c1-2-27-10-8-23-18(26)16-12-15(17-7-4-9-25(17)24-16)13-5-3-6-14(11-13)19(20,21)22/h3-7,9,11-12H,2,8,10H2,1H3,(H,23,26). The van der Waals surface area contributed by atoms with Gasteiger partial charge in [-0.15, -0.1) is 0 Å². The molecule has 5 nitrogen and oxygen atoms in total. The quantitative estimate of drug-likeness (QED) is 0.665. The Balaban J connectivity index is 1.98. The number of fused-ring (bicyclic) bond motifs is 1. The number of aromatic nitrogens is 2. The summed E-state index contributed by atoms with van der Waals surface area (Å²) in [5.41, 5.74) is 0.836. The molecule has 0 aliphatic carbocycles. The molecule has 1 N–H and O–H groups in total. The van der Waals surface area contributed by atoms with Crippen LogP contribution in [0.25, 0.3) is 16.6 Å². The number of benzene rings is 1. The fourth-order valence-corrected chi connectivity index (χ4v) is 2.71. The maximum atomic E-state index is 13.1. The van der Waals surface area contributed by atoms with Crippen molar-refractivity contribution in [2.45, 2.75) is 13.1 Å². The molecule has 2 heterocycles. The van der Waals surface area contributed by atoms with Crippen LogP contribution in [0.2, 0.25) is 0 Å². The first-order chi connectivity index (χ1) is 12.9. The van der Waals surface area contributed by atoms with Gasteiger partial charge in [0.15, 0.2) is 0 Å². The molecule has 3 rings (SSSR count). The fourth-order valence-electron chi connectivity index (χ4n) is 2.71. The van der Waals surface area contributed by atoms with Crippen molar-refractivity contribution < 1.29 is 22.7 Å². The molecule has 27 heavy (non-hydrogen) atoms. The molecule has 0 unspecified atom stereocenters. The number of halogens is 3. The van der Waals surface area contributed by atoms with Gasteiger partial charge < -0.3 is 10.1 Å². The first-order valence-electron chi connectivity index (χ1n) is 8.42. The molecular formula is C19H18F3N3O2. The zero-order valence-corrected chi connectivity index (χ0v) is 14.6. The third-order valence-electron chi connectivity index (χ3n) is 3.97. The number of nitrogens with one attached hydrogen (secondary N) is 1. The Morgan fingerprint density at radius 2 is 2.04 bits per heavy atom. The molecule has 0 aliphatic heterocycles. The maximum absolute atomic E-state index is 13.1. The zero-order valence-electron chi connectivity index (χ0n) is 14.6. The lowest BCUT2D eigenvalue weighted by atomic mass is 10.0. The number of carbonyl (C=O) groups is 1. The van der Waals surface area contributed by atoms with Gasteiger partial charge in [-0.1, -0.05) is 12.1 Å². The Morgan fingerprint density at radius 1 is 1.22 bits per heavy atom. The van der Waals surface area contributed by atoms with E-state index in [0.717, 1.165) is 12.1 Å². The van der Waals surface area contributed by atoms with Crippen molar-refractivity contribution in [2.24, 2.45) is 0 Å². The Hall–Kier alpha value is -2.87. The van der Waals surface area contributed by atoms with E-state index in [0.29, 0.717) is 36.4 Å². The van der Waals surface area contributed by atoms with Crippen LogP contribution in [-0.4, -0.2) is 35.3 Å². The monoisotopic (exact) mass is 377 g/mol. The summed E-state index contributed by atoms with van der Waals surface area (Å²) >= 11 is 0. The van der Waals surface area contributed by atoms with E-state index in [2.05, 4.69) is 10.4 Å². The highest BCUT2D eigenvalue weighted by atomic mass is 19.4. The zero-order chi connectivity index (χ0) is 19.4. The number of rotatable bonds is 6. The van der Waals surface area contributed by atoms with Crippen molar-refractivity contribution in [3.8, 4) is 11.1 Å². The molecule has 1 amide bonds. The normalized spacial score (nSPS) is 11.7. The fraction of sp³-hybridized carbons (Fsp3) is 0.263. The minimum absolute atomic E-state index is 0.114. The Labute approximate surface area is 153 Å². The van der Waals surface area contributed by atoms with Crippen molar-refractivity contribution >= 4 is 11.4 Å². The second-order valence-electron chi connectivity index (χ2n) is 5.81. The first kappa shape index (κ1) is 18.9. The van der Waals surface area contributed by atoms with Crippen molar-refractivity contribution in [3.05, 3.63) is 59.9 Å². The lowest BCUT2D eigenvalue weighted by Gasteiger charge is -2.12. The number of hydrogen-bond donors (Lipinski definition) is 1. The van der Waals surface area contributed by atoms with Gasteiger partial charge in [0.1, 0.15) is 5.69 Å². The number of ether oxygens (including phenoxy) is 1. The number of hydrogen-bond acceptors (Lipinski definition) is 3. The minimum Gasteiger partial charge on any atom is -0.380 e. The topological polar surface area (TPSA) is 55.6 Å². The van der Waals surface area contributed by atoms with E-state index in [1.165, 1.54) is 16.6 Å². The molecule has 0 aliphatic rings. The molecule has 0 fully saturated rings. The predicted octanol–water partition coefficient (Wildman–Crippen LogP) is 3.79. The van der Waals surface area contributed by atoms with Crippen LogP contribution in [0.3, 0.4) is 0 Å². The molecule has 0 saturated heterocycles. The molecule has 0 radical (unpaired) electrons. The van der Waals surface area contributed by atoms with Crippen LogP contribution < -0.4 is 5.32 Å². The van der Waals surface area contributed by atoms with Gasteiger partial charge in [0, 0.05) is 24.9 Å². The Kier molecular flexibility index (Phi) is 5.46. The van der Waals surface area contributed by atoms with Gasteiger partial charge in [-0.25, -0.2) is 4.52 Å². The number of carbonyl (C=O) groups excluding carboxylic acids is 1. The van der Waals surface area contributed by atoms with Crippen LogP contribution in [0.4, 0.5) is 13.2 Å². The van der Waals surface area contributed by atoms with Crippen molar-refractivity contribution in [2.75, 3.05) is 19.8 Å². The SMILES string of the molecule is CCOCCNC(=O)c1cc(-c2cccc(C(F)(F)F)c2)c2cccn2n1. The summed E-state index contributed by atoms with van der Waals surface area (Å²) in [6.07, 6.45) is -2.80. The smallest absolute Gasteiger partial charge is 0.380 e. The van der Waals surface area contributed by atoms with Gasteiger partial charge in [-0.3, -0.25) is 4.79 Å². The van der Waals surface area contributed by atoms with Crippen LogP contribution in [0.15, 0.2) is 48.7 Å². The molecule has 3 aromatic rings. The highest BCUT2D eigenvalue weighted by Gasteiger charge is 2.30. The summed E-state index contributed by atoms with van der Waals surface area (Å²) < 4.78 is 45.8. The average molecular weight is 377 g/mol. The lowest BCUT2D eigenvalue weighted by Crippen LogP contribution is -2.28. The van der Waals surface area contributed by atoms with Crippen molar-refractivity contribution in [3.63, 3.8) is 0 Å². The van der Waals surface area contributed by atoms with Crippen LogP contribution >= 0.6 is 0 Å². The highest BCUT2D eigenvalue weighted by molar-refractivity contribution is 5.95. The van der Waals surface area contributed by atoms with E-state index in [1.54, 1.807) is 24.4 Å². The summed E-state index contributed by atoms with van der Waals surface area (Å²) in [7, 11) is 0. The summed E-state index contributed by atoms with van der Waals surface area (Å²) in [4.78, 5) is 12.4. The molecular weight excluding hydrogens is 359 g/mol. The highest BCUT2D eigenvalue weighted by Crippen LogP contribution is 2.33. The number of amides is 1.